The van der Waals surface area contributed by atoms with Crippen LogP contribution in [0.1, 0.15) is 12.5 Å². The highest BCUT2D eigenvalue weighted by molar-refractivity contribution is 5.76. The Morgan fingerprint density at radius 2 is 1.89 bits per heavy atom. The maximum atomic E-state index is 11.9. The van der Waals surface area contributed by atoms with Gasteiger partial charge in [-0.2, -0.15) is 0 Å². The van der Waals surface area contributed by atoms with Crippen molar-refractivity contribution in [1.82, 2.24) is 14.9 Å². The summed E-state index contributed by atoms with van der Waals surface area (Å²) in [7, 11) is 1.97. The number of hydrogen-bond acceptors (Lipinski definition) is 7. The molecule has 8 nitrogen and oxygen atoms in total. The van der Waals surface area contributed by atoms with Crippen molar-refractivity contribution in [2.75, 3.05) is 55.4 Å². The van der Waals surface area contributed by atoms with Crippen molar-refractivity contribution in [2.45, 2.75) is 13.5 Å². The number of carbonyl (C=O) groups is 1. The van der Waals surface area contributed by atoms with Crippen LogP contribution in [0.25, 0.3) is 0 Å². The summed E-state index contributed by atoms with van der Waals surface area (Å²) in [5.74, 6) is 1.42. The van der Waals surface area contributed by atoms with E-state index in [1.807, 2.05) is 37.1 Å². The summed E-state index contributed by atoms with van der Waals surface area (Å²) in [5.41, 5.74) is 8.14. The molecule has 0 bridgehead atoms. The van der Waals surface area contributed by atoms with Gasteiger partial charge >= 0.3 is 6.09 Å². The van der Waals surface area contributed by atoms with Gasteiger partial charge in [-0.05, 0) is 12.5 Å². The van der Waals surface area contributed by atoms with Gasteiger partial charge in [0.25, 0.3) is 0 Å². The molecule has 0 aliphatic carbocycles. The fourth-order valence-corrected chi connectivity index (χ4v) is 3.18. The highest BCUT2D eigenvalue weighted by Crippen LogP contribution is 2.29. The summed E-state index contributed by atoms with van der Waals surface area (Å²) < 4.78 is 5.06. The van der Waals surface area contributed by atoms with Crippen molar-refractivity contribution in [3.8, 4) is 0 Å². The monoisotopic (exact) mass is 370 g/mol. The van der Waals surface area contributed by atoms with Gasteiger partial charge in [0.05, 0.1) is 6.61 Å². The molecular formula is C19H26N6O2. The summed E-state index contributed by atoms with van der Waals surface area (Å²) in [6.07, 6.45) is 1.27. The van der Waals surface area contributed by atoms with E-state index in [-0.39, 0.29) is 6.09 Å². The van der Waals surface area contributed by atoms with Gasteiger partial charge in [-0.1, -0.05) is 30.3 Å². The maximum absolute atomic E-state index is 11.9. The number of nitrogens with zero attached hydrogens (tertiary/aromatic N) is 5. The summed E-state index contributed by atoms with van der Waals surface area (Å²) in [6.45, 7) is 5.37. The SMILES string of the molecule is CCOC(=O)N1CCN(c2ncnc(N(C)Cc3ccccc3)c2N)CC1. The summed E-state index contributed by atoms with van der Waals surface area (Å²) in [6, 6.07) is 10.2. The molecule has 0 atom stereocenters. The Balaban J connectivity index is 1.69. The molecule has 0 radical (unpaired) electrons. The zero-order valence-electron chi connectivity index (χ0n) is 15.8. The van der Waals surface area contributed by atoms with Gasteiger partial charge < -0.3 is 25.2 Å². The number of rotatable bonds is 5. The lowest BCUT2D eigenvalue weighted by molar-refractivity contribution is 0.105. The van der Waals surface area contributed by atoms with Crippen molar-refractivity contribution in [3.05, 3.63) is 42.2 Å². The zero-order chi connectivity index (χ0) is 19.2. The minimum atomic E-state index is -0.268. The van der Waals surface area contributed by atoms with Gasteiger partial charge in [0.1, 0.15) is 12.0 Å². The Hall–Kier alpha value is -3.03. The predicted molar refractivity (Wildman–Crippen MR) is 106 cm³/mol. The van der Waals surface area contributed by atoms with E-state index in [4.69, 9.17) is 10.5 Å². The lowest BCUT2D eigenvalue weighted by atomic mass is 10.2. The molecule has 1 saturated heterocycles. The number of ether oxygens (including phenoxy) is 1. The molecule has 1 aromatic heterocycles. The minimum Gasteiger partial charge on any atom is -0.450 e. The molecule has 2 heterocycles. The predicted octanol–water partition coefficient (Wildman–Crippen LogP) is 1.97. The minimum absolute atomic E-state index is 0.268. The molecule has 0 saturated carbocycles. The molecule has 1 fully saturated rings. The third-order valence-electron chi connectivity index (χ3n) is 4.57. The molecule has 144 valence electrons. The Morgan fingerprint density at radius 3 is 2.56 bits per heavy atom. The van der Waals surface area contributed by atoms with Crippen molar-refractivity contribution < 1.29 is 9.53 Å². The quantitative estimate of drug-likeness (QED) is 0.861. The van der Waals surface area contributed by atoms with Gasteiger partial charge in [0.15, 0.2) is 11.6 Å². The van der Waals surface area contributed by atoms with Gasteiger partial charge in [0, 0.05) is 39.8 Å². The smallest absolute Gasteiger partial charge is 0.409 e. The number of nitrogens with two attached hydrogens (primary N) is 1. The van der Waals surface area contributed by atoms with Crippen molar-refractivity contribution in [1.29, 1.82) is 0 Å². The number of anilines is 3. The first kappa shape index (κ1) is 18.8. The third-order valence-corrected chi connectivity index (χ3v) is 4.57. The van der Waals surface area contributed by atoms with Crippen LogP contribution < -0.4 is 15.5 Å². The highest BCUT2D eigenvalue weighted by Gasteiger charge is 2.25. The molecule has 3 rings (SSSR count). The summed E-state index contributed by atoms with van der Waals surface area (Å²) >= 11 is 0. The molecule has 8 heteroatoms. The molecule has 27 heavy (non-hydrogen) atoms. The summed E-state index contributed by atoms with van der Waals surface area (Å²) in [5, 5.41) is 0. The van der Waals surface area contributed by atoms with E-state index >= 15 is 0 Å². The molecule has 2 aromatic rings. The first-order valence-corrected chi connectivity index (χ1v) is 9.12. The number of hydrogen-bond donors (Lipinski definition) is 1. The van der Waals surface area contributed by atoms with E-state index < -0.39 is 0 Å². The van der Waals surface area contributed by atoms with E-state index in [0.29, 0.717) is 56.7 Å². The highest BCUT2D eigenvalue weighted by atomic mass is 16.6. The Morgan fingerprint density at radius 1 is 1.19 bits per heavy atom. The molecule has 0 unspecified atom stereocenters. The van der Waals surface area contributed by atoms with Gasteiger partial charge in [-0.25, -0.2) is 14.8 Å². The fourth-order valence-electron chi connectivity index (χ4n) is 3.18. The number of benzene rings is 1. The first-order chi connectivity index (χ1) is 13.1. The van der Waals surface area contributed by atoms with Crippen molar-refractivity contribution in [2.24, 2.45) is 0 Å². The van der Waals surface area contributed by atoms with Crippen LogP contribution in [0, 0.1) is 0 Å². The molecule has 0 spiro atoms. The lowest BCUT2D eigenvalue weighted by Gasteiger charge is -2.35. The molecule has 2 N–H and O–H groups in total. The lowest BCUT2D eigenvalue weighted by Crippen LogP contribution is -2.49. The summed E-state index contributed by atoms with van der Waals surface area (Å²) in [4.78, 5) is 26.4. The standard InChI is InChI=1S/C19H26N6O2/c1-3-27-19(26)25-11-9-24(10-12-25)18-16(20)17(21-14-22-18)23(2)13-15-7-5-4-6-8-15/h4-8,14H,3,9-13,20H2,1-2H3. The second-order valence-corrected chi connectivity index (χ2v) is 6.45. The van der Waals surface area contributed by atoms with Crippen LogP contribution in [0.3, 0.4) is 0 Å². The van der Waals surface area contributed by atoms with Crippen LogP contribution in [0.5, 0.6) is 0 Å². The van der Waals surface area contributed by atoms with E-state index in [0.717, 1.165) is 0 Å². The Labute approximate surface area is 159 Å². The van der Waals surface area contributed by atoms with E-state index in [1.54, 1.807) is 11.2 Å². The fraction of sp³-hybridized carbons (Fsp3) is 0.421. The van der Waals surface area contributed by atoms with Crippen LogP contribution in [0.15, 0.2) is 36.7 Å². The van der Waals surface area contributed by atoms with Crippen LogP contribution in [0.4, 0.5) is 22.1 Å². The number of carbonyl (C=O) groups excluding carboxylic acids is 1. The number of aromatic nitrogens is 2. The van der Waals surface area contributed by atoms with Crippen LogP contribution >= 0.6 is 0 Å². The van der Waals surface area contributed by atoms with E-state index in [9.17, 15) is 4.79 Å². The largest absolute Gasteiger partial charge is 0.450 e. The van der Waals surface area contributed by atoms with Crippen LogP contribution in [-0.4, -0.2) is 60.8 Å². The van der Waals surface area contributed by atoms with Crippen LogP contribution in [-0.2, 0) is 11.3 Å². The number of amides is 1. The van der Waals surface area contributed by atoms with Gasteiger partial charge in [0.2, 0.25) is 0 Å². The van der Waals surface area contributed by atoms with E-state index in [1.165, 1.54) is 5.56 Å². The second-order valence-electron chi connectivity index (χ2n) is 6.45. The third kappa shape index (κ3) is 4.39. The molecule has 1 aliphatic rings. The Bertz CT molecular complexity index is 762. The Kier molecular flexibility index (Phi) is 5.95. The van der Waals surface area contributed by atoms with Crippen molar-refractivity contribution >= 4 is 23.4 Å². The zero-order valence-corrected chi connectivity index (χ0v) is 15.8. The van der Waals surface area contributed by atoms with Gasteiger partial charge in [-0.3, -0.25) is 0 Å². The molecule has 1 amide bonds. The van der Waals surface area contributed by atoms with E-state index in [2.05, 4.69) is 27.0 Å². The number of nitrogen functional groups attached to an aromatic ring is 1. The second kappa shape index (κ2) is 8.57. The average Bonchev–Trinajstić information content (AvgIpc) is 2.69. The maximum Gasteiger partial charge on any atom is 0.409 e. The van der Waals surface area contributed by atoms with Crippen LogP contribution in [0.2, 0.25) is 0 Å². The molecule has 1 aliphatic heterocycles. The first-order valence-electron chi connectivity index (χ1n) is 9.12. The average molecular weight is 370 g/mol. The topological polar surface area (TPSA) is 87.8 Å². The number of piperazine rings is 1. The van der Waals surface area contributed by atoms with Crippen molar-refractivity contribution in [3.63, 3.8) is 0 Å². The molecular weight excluding hydrogens is 344 g/mol. The van der Waals surface area contributed by atoms with Gasteiger partial charge in [-0.15, -0.1) is 0 Å². The molecule has 1 aromatic carbocycles. The normalized spacial score (nSPS) is 14.1.